The van der Waals surface area contributed by atoms with Gasteiger partial charge in [0.15, 0.2) is 0 Å². The Morgan fingerprint density at radius 3 is 2.48 bits per heavy atom. The summed E-state index contributed by atoms with van der Waals surface area (Å²) in [6.07, 6.45) is 7.36. The van der Waals surface area contributed by atoms with Crippen LogP contribution in [0, 0.1) is 0 Å². The van der Waals surface area contributed by atoms with Crippen molar-refractivity contribution in [1.82, 2.24) is 15.3 Å². The van der Waals surface area contributed by atoms with E-state index < -0.39 is 11.4 Å². The lowest BCUT2D eigenvalue weighted by atomic mass is 9.82. The van der Waals surface area contributed by atoms with Gasteiger partial charge in [-0.25, -0.2) is 0 Å². The first-order valence-electron chi connectivity index (χ1n) is 8.64. The predicted molar refractivity (Wildman–Crippen MR) is 109 cm³/mol. The maximum Gasteiger partial charge on any atom is 0.242 e. The molecule has 2 heterocycles. The average molecular weight is 425 g/mol. The number of nitrogens with two attached hydrogens (primary N) is 1. The molecule has 1 aromatic carbocycles. The molecule has 5 nitrogen and oxygen atoms in total. The Morgan fingerprint density at radius 1 is 1.15 bits per heavy atom. The van der Waals surface area contributed by atoms with Crippen molar-refractivity contribution in [1.29, 1.82) is 0 Å². The van der Waals surface area contributed by atoms with E-state index in [4.69, 9.17) is 5.73 Å². The number of pyridine rings is 2. The molecule has 27 heavy (non-hydrogen) atoms. The molecule has 0 aliphatic heterocycles. The van der Waals surface area contributed by atoms with Gasteiger partial charge in [-0.2, -0.15) is 0 Å². The summed E-state index contributed by atoms with van der Waals surface area (Å²) in [6.45, 7) is 2.00. The molecule has 0 aliphatic rings. The number of halogens is 1. The van der Waals surface area contributed by atoms with Crippen LogP contribution >= 0.6 is 15.9 Å². The maximum atomic E-state index is 12.8. The SMILES string of the molecule is CC(NC(Cc1cccnc1)(C(N)=O)c1cccc(Br)c1)c1cccnc1. The first-order chi connectivity index (χ1) is 13.0. The lowest BCUT2D eigenvalue weighted by molar-refractivity contribution is -0.125. The van der Waals surface area contributed by atoms with Crippen molar-refractivity contribution in [3.63, 3.8) is 0 Å². The van der Waals surface area contributed by atoms with Crippen molar-refractivity contribution in [3.05, 3.63) is 94.5 Å². The fourth-order valence-corrected chi connectivity index (χ4v) is 3.58. The topological polar surface area (TPSA) is 80.9 Å². The minimum Gasteiger partial charge on any atom is -0.368 e. The summed E-state index contributed by atoms with van der Waals surface area (Å²) in [5, 5.41) is 3.48. The van der Waals surface area contributed by atoms with Crippen molar-refractivity contribution < 1.29 is 4.79 Å². The summed E-state index contributed by atoms with van der Waals surface area (Å²) in [5.41, 5.74) is 7.57. The van der Waals surface area contributed by atoms with Gasteiger partial charge in [-0.3, -0.25) is 20.1 Å². The van der Waals surface area contributed by atoms with E-state index in [0.29, 0.717) is 6.42 Å². The molecule has 138 valence electrons. The Morgan fingerprint density at radius 2 is 1.89 bits per heavy atom. The number of hydrogen-bond acceptors (Lipinski definition) is 4. The van der Waals surface area contributed by atoms with E-state index >= 15 is 0 Å². The molecule has 0 radical (unpaired) electrons. The second-order valence-electron chi connectivity index (χ2n) is 6.47. The highest BCUT2D eigenvalue weighted by molar-refractivity contribution is 9.10. The van der Waals surface area contributed by atoms with Crippen molar-refractivity contribution >= 4 is 21.8 Å². The fraction of sp³-hybridized carbons (Fsp3) is 0.190. The minimum absolute atomic E-state index is 0.137. The number of amides is 1. The van der Waals surface area contributed by atoms with Crippen LogP contribution < -0.4 is 11.1 Å². The van der Waals surface area contributed by atoms with Crippen molar-refractivity contribution in [3.8, 4) is 0 Å². The number of hydrogen-bond donors (Lipinski definition) is 2. The number of nitrogens with zero attached hydrogens (tertiary/aromatic N) is 2. The van der Waals surface area contributed by atoms with Crippen LogP contribution in [0.3, 0.4) is 0 Å². The fourth-order valence-electron chi connectivity index (χ4n) is 3.18. The Balaban J connectivity index is 2.07. The molecule has 3 N–H and O–H groups in total. The highest BCUT2D eigenvalue weighted by atomic mass is 79.9. The van der Waals surface area contributed by atoms with E-state index in [2.05, 4.69) is 31.2 Å². The van der Waals surface area contributed by atoms with Crippen LogP contribution in [0.15, 0.2) is 77.8 Å². The molecule has 2 aromatic heterocycles. The number of carbonyl (C=O) groups excluding carboxylic acids is 1. The zero-order chi connectivity index (χ0) is 19.3. The quantitative estimate of drug-likeness (QED) is 0.607. The number of aromatic nitrogens is 2. The molecule has 2 unspecified atom stereocenters. The molecule has 0 fully saturated rings. The molecular formula is C21H21BrN4O. The van der Waals surface area contributed by atoms with Crippen LogP contribution in [0.2, 0.25) is 0 Å². The number of rotatable bonds is 7. The summed E-state index contributed by atoms with van der Waals surface area (Å²) in [7, 11) is 0. The second-order valence-corrected chi connectivity index (χ2v) is 7.39. The van der Waals surface area contributed by atoms with E-state index in [9.17, 15) is 4.79 Å². The second kappa shape index (κ2) is 8.41. The normalized spacial score (nSPS) is 14.3. The maximum absolute atomic E-state index is 12.8. The molecule has 2 atom stereocenters. The third kappa shape index (κ3) is 4.40. The van der Waals surface area contributed by atoms with Crippen molar-refractivity contribution in [2.24, 2.45) is 5.73 Å². The van der Waals surface area contributed by atoms with Gasteiger partial charge in [0.1, 0.15) is 5.54 Å². The van der Waals surface area contributed by atoms with Gasteiger partial charge in [-0.1, -0.05) is 40.2 Å². The summed E-state index contributed by atoms with van der Waals surface area (Å²) in [5.74, 6) is -0.444. The van der Waals surface area contributed by atoms with Crippen LogP contribution in [0.4, 0.5) is 0 Å². The van der Waals surface area contributed by atoms with Crippen molar-refractivity contribution in [2.45, 2.75) is 24.9 Å². The number of primary amides is 1. The van der Waals surface area contributed by atoms with Gasteiger partial charge in [0, 0.05) is 41.7 Å². The molecule has 0 bridgehead atoms. The van der Waals surface area contributed by atoms with E-state index in [1.54, 1.807) is 24.8 Å². The van der Waals surface area contributed by atoms with Crippen LogP contribution in [0.5, 0.6) is 0 Å². The lowest BCUT2D eigenvalue weighted by Gasteiger charge is -2.35. The smallest absolute Gasteiger partial charge is 0.242 e. The van der Waals surface area contributed by atoms with Gasteiger partial charge < -0.3 is 5.73 Å². The van der Waals surface area contributed by atoms with Crippen molar-refractivity contribution in [2.75, 3.05) is 0 Å². The minimum atomic E-state index is -1.10. The van der Waals surface area contributed by atoms with E-state index in [1.165, 1.54) is 0 Å². The van der Waals surface area contributed by atoms with Gasteiger partial charge in [0.25, 0.3) is 0 Å². The van der Waals surface area contributed by atoms with Gasteiger partial charge >= 0.3 is 0 Å². The van der Waals surface area contributed by atoms with Crippen LogP contribution in [0.1, 0.15) is 29.7 Å². The molecule has 0 saturated carbocycles. The highest BCUT2D eigenvalue weighted by Gasteiger charge is 2.40. The van der Waals surface area contributed by atoms with Gasteiger partial charge in [0.2, 0.25) is 5.91 Å². The number of nitrogens with one attached hydrogen (secondary N) is 1. The zero-order valence-electron chi connectivity index (χ0n) is 15.0. The lowest BCUT2D eigenvalue weighted by Crippen LogP contribution is -2.55. The standard InChI is InChI=1S/C21H21BrN4O/c1-15(17-6-4-10-25-14-17)26-21(20(23)27,12-16-5-3-9-24-13-16)18-7-2-8-19(22)11-18/h2-11,13-15,26H,12H2,1H3,(H2,23,27). The molecule has 6 heteroatoms. The average Bonchev–Trinajstić information content (AvgIpc) is 2.68. The number of benzene rings is 1. The Bertz CT molecular complexity index is 904. The van der Waals surface area contributed by atoms with E-state index in [-0.39, 0.29) is 6.04 Å². The third-order valence-electron chi connectivity index (χ3n) is 4.58. The molecule has 3 rings (SSSR count). The Hall–Kier alpha value is -2.57. The van der Waals surface area contributed by atoms with Crippen LogP contribution in [-0.4, -0.2) is 15.9 Å². The summed E-state index contributed by atoms with van der Waals surface area (Å²) in [6, 6.07) is 15.2. The number of carbonyl (C=O) groups is 1. The first kappa shape index (κ1) is 19.2. The zero-order valence-corrected chi connectivity index (χ0v) is 16.6. The first-order valence-corrected chi connectivity index (χ1v) is 9.43. The summed E-state index contributed by atoms with van der Waals surface area (Å²) >= 11 is 3.50. The van der Waals surface area contributed by atoms with E-state index in [0.717, 1.165) is 21.2 Å². The summed E-state index contributed by atoms with van der Waals surface area (Å²) in [4.78, 5) is 21.2. The molecule has 0 spiro atoms. The highest BCUT2D eigenvalue weighted by Crippen LogP contribution is 2.31. The molecule has 1 amide bonds. The van der Waals surface area contributed by atoms with Crippen LogP contribution in [0.25, 0.3) is 0 Å². The molecule has 0 aliphatic carbocycles. The molecular weight excluding hydrogens is 404 g/mol. The summed E-state index contributed by atoms with van der Waals surface area (Å²) < 4.78 is 0.882. The Labute approximate surface area is 167 Å². The molecule has 0 saturated heterocycles. The third-order valence-corrected chi connectivity index (χ3v) is 5.07. The largest absolute Gasteiger partial charge is 0.368 e. The van der Waals surface area contributed by atoms with Gasteiger partial charge in [0.05, 0.1) is 0 Å². The van der Waals surface area contributed by atoms with E-state index in [1.807, 2.05) is 55.5 Å². The Kier molecular flexibility index (Phi) is 5.98. The predicted octanol–water partition coefficient (Wildman–Crippen LogP) is 3.51. The monoisotopic (exact) mass is 424 g/mol. The van der Waals surface area contributed by atoms with Gasteiger partial charge in [-0.05, 0) is 47.9 Å². The van der Waals surface area contributed by atoms with Gasteiger partial charge in [-0.15, -0.1) is 0 Å². The molecule has 3 aromatic rings. The van der Waals surface area contributed by atoms with Crippen LogP contribution in [-0.2, 0) is 16.8 Å².